The van der Waals surface area contributed by atoms with Gasteiger partial charge in [0, 0.05) is 13.1 Å². The Morgan fingerprint density at radius 2 is 1.56 bits per heavy atom. The van der Waals surface area contributed by atoms with Crippen LogP contribution in [0.15, 0.2) is 83.8 Å². The lowest BCUT2D eigenvalue weighted by atomic mass is 9.90. The fraction of sp³-hybridized carbons (Fsp3) is 0.269. The molecule has 1 fully saturated rings. The molecule has 0 spiro atoms. The van der Waals surface area contributed by atoms with Gasteiger partial charge in [-0.2, -0.15) is 4.31 Å². The molecule has 1 aliphatic rings. The zero-order valence-electron chi connectivity index (χ0n) is 19.0. The molecule has 0 radical (unpaired) electrons. The SMILES string of the molecule is CCOc1ccc(S(=O)(=O)N2CCOCC2)cc1NC(=O)C(c1ccccc1)c1ccccc1. The first-order chi connectivity index (χ1) is 16.5. The number of benzene rings is 3. The number of nitrogens with one attached hydrogen (secondary N) is 1. The summed E-state index contributed by atoms with van der Waals surface area (Å²) in [6.45, 7) is 3.51. The second kappa shape index (κ2) is 10.8. The van der Waals surface area contributed by atoms with E-state index >= 15 is 0 Å². The van der Waals surface area contributed by atoms with E-state index in [4.69, 9.17) is 9.47 Å². The molecule has 1 amide bonds. The number of hydrogen-bond donors (Lipinski definition) is 1. The molecular formula is C26H28N2O5S. The topological polar surface area (TPSA) is 84.9 Å². The Labute approximate surface area is 200 Å². The van der Waals surface area contributed by atoms with Crippen molar-refractivity contribution in [1.29, 1.82) is 0 Å². The van der Waals surface area contributed by atoms with Gasteiger partial charge >= 0.3 is 0 Å². The van der Waals surface area contributed by atoms with Gasteiger partial charge in [-0.1, -0.05) is 60.7 Å². The standard InChI is InChI=1S/C26H28N2O5S/c1-2-33-24-14-13-22(34(30,31)28-15-17-32-18-16-28)19-23(24)27-26(29)25(20-9-5-3-6-10-20)21-11-7-4-8-12-21/h3-14,19,25H,2,15-18H2,1H3,(H,27,29). The Kier molecular flexibility index (Phi) is 7.62. The molecule has 0 bridgehead atoms. The summed E-state index contributed by atoms with van der Waals surface area (Å²) in [6.07, 6.45) is 0. The minimum absolute atomic E-state index is 0.101. The predicted octanol–water partition coefficient (Wildman–Crippen LogP) is 3.88. The second-order valence-corrected chi connectivity index (χ2v) is 9.79. The Morgan fingerprint density at radius 1 is 0.971 bits per heavy atom. The lowest BCUT2D eigenvalue weighted by molar-refractivity contribution is -0.116. The normalized spacial score (nSPS) is 14.6. The first kappa shape index (κ1) is 23.9. The zero-order valence-corrected chi connectivity index (χ0v) is 19.8. The van der Waals surface area contributed by atoms with Gasteiger partial charge in [0.25, 0.3) is 0 Å². The van der Waals surface area contributed by atoms with Crippen molar-refractivity contribution in [2.24, 2.45) is 0 Å². The lowest BCUT2D eigenvalue weighted by Crippen LogP contribution is -2.40. The highest BCUT2D eigenvalue weighted by Crippen LogP contribution is 2.32. The second-order valence-electron chi connectivity index (χ2n) is 7.85. The summed E-state index contributed by atoms with van der Waals surface area (Å²) in [7, 11) is -3.73. The van der Waals surface area contributed by atoms with Crippen molar-refractivity contribution < 1.29 is 22.7 Å². The molecule has 0 saturated carbocycles. The molecule has 34 heavy (non-hydrogen) atoms. The van der Waals surface area contributed by atoms with Crippen LogP contribution in [0.1, 0.15) is 24.0 Å². The summed E-state index contributed by atoms with van der Waals surface area (Å²) in [4.78, 5) is 13.7. The first-order valence-corrected chi connectivity index (χ1v) is 12.7. The van der Waals surface area contributed by atoms with E-state index in [9.17, 15) is 13.2 Å². The summed E-state index contributed by atoms with van der Waals surface area (Å²) in [5.74, 6) is -0.438. The number of hydrogen-bond acceptors (Lipinski definition) is 5. The maximum absolute atomic E-state index is 13.6. The van der Waals surface area contributed by atoms with Gasteiger partial charge in [0.05, 0.1) is 36.3 Å². The highest BCUT2D eigenvalue weighted by molar-refractivity contribution is 7.89. The van der Waals surface area contributed by atoms with Gasteiger partial charge in [0.1, 0.15) is 5.75 Å². The molecule has 178 valence electrons. The molecule has 4 rings (SSSR count). The van der Waals surface area contributed by atoms with Gasteiger partial charge in [-0.25, -0.2) is 8.42 Å². The van der Waals surface area contributed by atoms with Crippen LogP contribution in [-0.2, 0) is 19.6 Å². The van der Waals surface area contributed by atoms with Crippen molar-refractivity contribution in [3.05, 3.63) is 90.0 Å². The van der Waals surface area contributed by atoms with Crippen LogP contribution in [0.3, 0.4) is 0 Å². The smallest absolute Gasteiger partial charge is 0.243 e. The first-order valence-electron chi connectivity index (χ1n) is 11.3. The van der Waals surface area contributed by atoms with Crippen LogP contribution in [0.25, 0.3) is 0 Å². The predicted molar refractivity (Wildman–Crippen MR) is 131 cm³/mol. The Morgan fingerprint density at radius 3 is 2.12 bits per heavy atom. The summed E-state index contributed by atoms with van der Waals surface area (Å²) in [6, 6.07) is 23.5. The average molecular weight is 481 g/mol. The number of nitrogens with zero attached hydrogens (tertiary/aromatic N) is 1. The number of ether oxygens (including phenoxy) is 2. The summed E-state index contributed by atoms with van der Waals surface area (Å²) >= 11 is 0. The van der Waals surface area contributed by atoms with Crippen molar-refractivity contribution in [2.45, 2.75) is 17.7 Å². The number of anilines is 1. The largest absolute Gasteiger partial charge is 0.492 e. The summed E-state index contributed by atoms with van der Waals surface area (Å²) in [5.41, 5.74) is 1.99. The van der Waals surface area contributed by atoms with E-state index in [0.29, 0.717) is 44.3 Å². The fourth-order valence-corrected chi connectivity index (χ4v) is 5.41. The van der Waals surface area contributed by atoms with Crippen molar-refractivity contribution >= 4 is 21.6 Å². The Bertz CT molecular complexity index is 1170. The number of carbonyl (C=O) groups is 1. The zero-order chi connectivity index (χ0) is 24.0. The van der Waals surface area contributed by atoms with Crippen molar-refractivity contribution in [3.63, 3.8) is 0 Å². The van der Waals surface area contributed by atoms with Crippen LogP contribution in [-0.4, -0.2) is 51.5 Å². The van der Waals surface area contributed by atoms with Crippen LogP contribution in [0, 0.1) is 0 Å². The third-order valence-electron chi connectivity index (χ3n) is 5.64. The van der Waals surface area contributed by atoms with Gasteiger partial charge in [-0.15, -0.1) is 0 Å². The third kappa shape index (κ3) is 5.30. The number of carbonyl (C=O) groups excluding carboxylic acids is 1. The van der Waals surface area contributed by atoms with E-state index in [0.717, 1.165) is 11.1 Å². The molecular weight excluding hydrogens is 452 g/mol. The molecule has 1 heterocycles. The number of morpholine rings is 1. The van der Waals surface area contributed by atoms with Crippen LogP contribution in [0.5, 0.6) is 5.75 Å². The van der Waals surface area contributed by atoms with E-state index < -0.39 is 15.9 Å². The van der Waals surface area contributed by atoms with Crippen molar-refractivity contribution in [2.75, 3.05) is 38.2 Å². The molecule has 0 atom stereocenters. The molecule has 0 unspecified atom stereocenters. The Balaban J connectivity index is 1.69. The van der Waals surface area contributed by atoms with Crippen molar-refractivity contribution in [3.8, 4) is 5.75 Å². The molecule has 3 aromatic carbocycles. The molecule has 0 aromatic heterocycles. The average Bonchev–Trinajstić information content (AvgIpc) is 2.87. The molecule has 1 N–H and O–H groups in total. The van der Waals surface area contributed by atoms with Gasteiger partial charge in [0.15, 0.2) is 0 Å². The van der Waals surface area contributed by atoms with Crippen LogP contribution >= 0.6 is 0 Å². The van der Waals surface area contributed by atoms with Crippen LogP contribution in [0.2, 0.25) is 0 Å². The number of rotatable bonds is 8. The fourth-order valence-electron chi connectivity index (χ4n) is 3.98. The molecule has 7 nitrogen and oxygen atoms in total. The molecule has 8 heteroatoms. The third-order valence-corrected chi connectivity index (χ3v) is 7.54. The van der Waals surface area contributed by atoms with Gasteiger partial charge in [-0.05, 0) is 36.2 Å². The van der Waals surface area contributed by atoms with E-state index in [-0.39, 0.29) is 10.8 Å². The van der Waals surface area contributed by atoms with Crippen LogP contribution in [0.4, 0.5) is 5.69 Å². The monoisotopic (exact) mass is 480 g/mol. The number of sulfonamides is 1. The minimum Gasteiger partial charge on any atom is -0.492 e. The minimum atomic E-state index is -3.73. The summed E-state index contributed by atoms with van der Waals surface area (Å²) in [5, 5.41) is 2.94. The van der Waals surface area contributed by atoms with Crippen molar-refractivity contribution in [1.82, 2.24) is 4.31 Å². The van der Waals surface area contributed by atoms with Gasteiger partial charge in [-0.3, -0.25) is 4.79 Å². The quantitative estimate of drug-likeness (QED) is 0.529. The van der Waals surface area contributed by atoms with Gasteiger partial charge < -0.3 is 14.8 Å². The van der Waals surface area contributed by atoms with E-state index in [2.05, 4.69) is 5.32 Å². The van der Waals surface area contributed by atoms with E-state index in [1.54, 1.807) is 6.07 Å². The van der Waals surface area contributed by atoms with E-state index in [1.165, 1.54) is 16.4 Å². The number of amides is 1. The maximum Gasteiger partial charge on any atom is 0.243 e. The molecule has 1 saturated heterocycles. The Hall–Kier alpha value is -3.20. The molecule has 3 aromatic rings. The maximum atomic E-state index is 13.6. The summed E-state index contributed by atoms with van der Waals surface area (Å²) < 4.78 is 38.8. The van der Waals surface area contributed by atoms with Crippen LogP contribution < -0.4 is 10.1 Å². The highest BCUT2D eigenvalue weighted by Gasteiger charge is 2.28. The van der Waals surface area contributed by atoms with E-state index in [1.807, 2.05) is 67.6 Å². The highest BCUT2D eigenvalue weighted by atomic mass is 32.2. The molecule has 0 aliphatic carbocycles. The molecule has 1 aliphatic heterocycles. The lowest BCUT2D eigenvalue weighted by Gasteiger charge is -2.26. The van der Waals surface area contributed by atoms with Gasteiger partial charge in [0.2, 0.25) is 15.9 Å².